The van der Waals surface area contributed by atoms with E-state index in [1.807, 2.05) is 12.4 Å². The van der Waals surface area contributed by atoms with Gasteiger partial charge >= 0.3 is 0 Å². The Morgan fingerprint density at radius 2 is 1.67 bits per heavy atom. The molecule has 1 aliphatic heterocycles. The first-order valence-corrected chi connectivity index (χ1v) is 5.64. The van der Waals surface area contributed by atoms with Crippen LogP contribution in [0.5, 0.6) is 0 Å². The first-order valence-electron chi connectivity index (χ1n) is 4.82. The highest BCUT2D eigenvalue weighted by atomic mass is 32.2. The zero-order valence-electron chi connectivity index (χ0n) is 8.05. The standard InChI is InChI=1S/C13H9NS/c1-2-4-12-10(3-1)5-6-11-9-14-8-7-13(11)15-12/h1-9H. The Balaban J connectivity index is 2.19. The van der Waals surface area contributed by atoms with Gasteiger partial charge in [0, 0.05) is 27.7 Å². The molecular weight excluding hydrogens is 202 g/mol. The summed E-state index contributed by atoms with van der Waals surface area (Å²) in [6, 6.07) is 10.5. The van der Waals surface area contributed by atoms with E-state index in [4.69, 9.17) is 0 Å². The maximum Gasteiger partial charge on any atom is 0.0351 e. The Morgan fingerprint density at radius 3 is 2.67 bits per heavy atom. The molecule has 72 valence electrons. The second kappa shape index (κ2) is 3.55. The van der Waals surface area contributed by atoms with Crippen molar-refractivity contribution < 1.29 is 0 Å². The van der Waals surface area contributed by atoms with Crippen molar-refractivity contribution in [2.45, 2.75) is 9.79 Å². The van der Waals surface area contributed by atoms with E-state index in [0.717, 1.165) is 0 Å². The van der Waals surface area contributed by atoms with Crippen LogP contribution in [-0.2, 0) is 0 Å². The van der Waals surface area contributed by atoms with Crippen LogP contribution in [-0.4, -0.2) is 4.98 Å². The van der Waals surface area contributed by atoms with Gasteiger partial charge in [-0.05, 0) is 17.7 Å². The molecule has 1 aromatic heterocycles. The number of nitrogens with zero attached hydrogens (tertiary/aromatic N) is 1. The van der Waals surface area contributed by atoms with Crippen molar-refractivity contribution in [3.63, 3.8) is 0 Å². The van der Waals surface area contributed by atoms with E-state index in [0.29, 0.717) is 0 Å². The highest BCUT2D eigenvalue weighted by Gasteiger charge is 2.08. The third-order valence-corrected chi connectivity index (χ3v) is 3.57. The second-order valence-corrected chi connectivity index (χ2v) is 4.47. The summed E-state index contributed by atoms with van der Waals surface area (Å²) in [5, 5.41) is 0. The van der Waals surface area contributed by atoms with Gasteiger partial charge in [-0.3, -0.25) is 4.98 Å². The van der Waals surface area contributed by atoms with Crippen molar-refractivity contribution in [1.29, 1.82) is 0 Å². The largest absolute Gasteiger partial charge is 0.264 e. The molecule has 0 spiro atoms. The number of hydrogen-bond acceptors (Lipinski definition) is 2. The zero-order valence-corrected chi connectivity index (χ0v) is 8.87. The zero-order chi connectivity index (χ0) is 10.1. The quantitative estimate of drug-likeness (QED) is 0.562. The topological polar surface area (TPSA) is 12.9 Å². The first kappa shape index (κ1) is 8.74. The molecule has 0 amide bonds. The number of benzene rings is 1. The number of aromatic nitrogens is 1. The number of fused-ring (bicyclic) bond motifs is 2. The fourth-order valence-corrected chi connectivity index (χ4v) is 2.63. The minimum Gasteiger partial charge on any atom is -0.264 e. The third kappa shape index (κ3) is 1.57. The van der Waals surface area contributed by atoms with Gasteiger partial charge in [0.2, 0.25) is 0 Å². The molecule has 0 fully saturated rings. The van der Waals surface area contributed by atoms with E-state index >= 15 is 0 Å². The molecule has 1 nitrogen and oxygen atoms in total. The summed E-state index contributed by atoms with van der Waals surface area (Å²) in [5.41, 5.74) is 2.47. The molecule has 0 saturated carbocycles. The van der Waals surface area contributed by atoms with Crippen LogP contribution in [0.4, 0.5) is 0 Å². The molecule has 3 rings (SSSR count). The molecule has 0 saturated heterocycles. The van der Waals surface area contributed by atoms with Crippen molar-refractivity contribution >= 4 is 23.9 Å². The van der Waals surface area contributed by atoms with Crippen LogP contribution >= 0.6 is 11.8 Å². The van der Waals surface area contributed by atoms with Gasteiger partial charge in [0.15, 0.2) is 0 Å². The van der Waals surface area contributed by atoms with Crippen molar-refractivity contribution in [3.8, 4) is 0 Å². The van der Waals surface area contributed by atoms with Gasteiger partial charge in [-0.15, -0.1) is 0 Å². The lowest BCUT2D eigenvalue weighted by molar-refractivity contribution is 1.24. The lowest BCUT2D eigenvalue weighted by Gasteiger charge is -2.03. The molecule has 0 unspecified atom stereocenters. The molecule has 0 N–H and O–H groups in total. The molecule has 15 heavy (non-hydrogen) atoms. The monoisotopic (exact) mass is 211 g/mol. The van der Waals surface area contributed by atoms with Crippen LogP contribution < -0.4 is 0 Å². The second-order valence-electron chi connectivity index (χ2n) is 3.39. The Kier molecular flexibility index (Phi) is 2.07. The van der Waals surface area contributed by atoms with Gasteiger partial charge in [-0.1, -0.05) is 42.1 Å². The fraction of sp³-hybridized carbons (Fsp3) is 0. The molecule has 0 radical (unpaired) electrons. The smallest absolute Gasteiger partial charge is 0.0351 e. The van der Waals surface area contributed by atoms with Gasteiger partial charge in [-0.25, -0.2) is 0 Å². The summed E-state index contributed by atoms with van der Waals surface area (Å²) in [5.74, 6) is 0. The predicted molar refractivity (Wildman–Crippen MR) is 63.7 cm³/mol. The van der Waals surface area contributed by atoms with Crippen LogP contribution in [0.2, 0.25) is 0 Å². The van der Waals surface area contributed by atoms with Crippen molar-refractivity contribution in [2.24, 2.45) is 0 Å². The van der Waals surface area contributed by atoms with E-state index in [9.17, 15) is 0 Å². The summed E-state index contributed by atoms with van der Waals surface area (Å²) in [4.78, 5) is 6.71. The SMILES string of the molecule is C1=Cc2cnccc2Sc2ccccc21. The Bertz CT molecular complexity index is 484. The summed E-state index contributed by atoms with van der Waals surface area (Å²) < 4.78 is 0. The highest BCUT2D eigenvalue weighted by Crippen LogP contribution is 2.36. The lowest BCUT2D eigenvalue weighted by Crippen LogP contribution is -1.80. The van der Waals surface area contributed by atoms with E-state index in [2.05, 4.69) is 47.5 Å². The first-order chi connectivity index (χ1) is 7.43. The summed E-state index contributed by atoms with van der Waals surface area (Å²) >= 11 is 1.80. The molecule has 0 bridgehead atoms. The summed E-state index contributed by atoms with van der Waals surface area (Å²) in [6.07, 6.45) is 8.02. The molecule has 2 heteroatoms. The average Bonchev–Trinajstić information content (AvgIpc) is 2.48. The molecule has 2 aromatic rings. The van der Waals surface area contributed by atoms with Gasteiger partial charge < -0.3 is 0 Å². The predicted octanol–water partition coefficient (Wildman–Crippen LogP) is 3.72. The fourth-order valence-electron chi connectivity index (χ4n) is 1.62. The Hall–Kier alpha value is -1.54. The van der Waals surface area contributed by atoms with Crippen LogP contribution in [0.25, 0.3) is 12.2 Å². The van der Waals surface area contributed by atoms with E-state index in [-0.39, 0.29) is 0 Å². The number of rotatable bonds is 0. The van der Waals surface area contributed by atoms with Gasteiger partial charge in [-0.2, -0.15) is 0 Å². The van der Waals surface area contributed by atoms with E-state index in [1.165, 1.54) is 20.9 Å². The van der Waals surface area contributed by atoms with Crippen molar-refractivity contribution in [3.05, 3.63) is 53.9 Å². The minimum atomic E-state index is 1.19. The Labute approximate surface area is 92.9 Å². The lowest BCUT2D eigenvalue weighted by atomic mass is 10.2. The van der Waals surface area contributed by atoms with Gasteiger partial charge in [0.05, 0.1) is 0 Å². The average molecular weight is 211 g/mol. The maximum atomic E-state index is 4.14. The highest BCUT2D eigenvalue weighted by molar-refractivity contribution is 7.99. The summed E-state index contributed by atoms with van der Waals surface area (Å²) in [6.45, 7) is 0. The third-order valence-electron chi connectivity index (χ3n) is 2.39. The van der Waals surface area contributed by atoms with Crippen LogP contribution in [0.15, 0.2) is 52.5 Å². The molecule has 2 heterocycles. The summed E-state index contributed by atoms with van der Waals surface area (Å²) in [7, 11) is 0. The van der Waals surface area contributed by atoms with Gasteiger partial charge in [0.1, 0.15) is 0 Å². The molecule has 0 aliphatic carbocycles. The van der Waals surface area contributed by atoms with Crippen LogP contribution in [0.3, 0.4) is 0 Å². The van der Waals surface area contributed by atoms with E-state index in [1.54, 1.807) is 11.8 Å². The van der Waals surface area contributed by atoms with Crippen LogP contribution in [0, 0.1) is 0 Å². The molecule has 0 atom stereocenters. The van der Waals surface area contributed by atoms with E-state index < -0.39 is 0 Å². The normalized spacial score (nSPS) is 12.8. The van der Waals surface area contributed by atoms with Crippen molar-refractivity contribution in [2.75, 3.05) is 0 Å². The number of hydrogen-bond donors (Lipinski definition) is 0. The molecule has 1 aromatic carbocycles. The minimum absolute atomic E-state index is 1.19. The van der Waals surface area contributed by atoms with Crippen molar-refractivity contribution in [1.82, 2.24) is 4.98 Å². The Morgan fingerprint density at radius 1 is 0.867 bits per heavy atom. The van der Waals surface area contributed by atoms with Gasteiger partial charge in [0.25, 0.3) is 0 Å². The maximum absolute atomic E-state index is 4.14. The molecular formula is C13H9NS. The van der Waals surface area contributed by atoms with Crippen LogP contribution in [0.1, 0.15) is 11.1 Å². The molecule has 1 aliphatic rings. The number of pyridine rings is 1.